The molecule has 0 aromatic heterocycles. The highest BCUT2D eigenvalue weighted by Crippen LogP contribution is 2.21. The second kappa shape index (κ2) is 10.5. The largest absolute Gasteiger partial charge is 0.484 e. The van der Waals surface area contributed by atoms with Crippen molar-refractivity contribution >= 4 is 24.2 Å². The second-order valence-corrected chi connectivity index (χ2v) is 7.17. The highest BCUT2D eigenvalue weighted by molar-refractivity contribution is 5.85. The van der Waals surface area contributed by atoms with E-state index in [2.05, 4.69) is 5.32 Å². The number of likely N-dealkylation sites (tertiary alicyclic amines) is 2. The van der Waals surface area contributed by atoms with Gasteiger partial charge in [-0.3, -0.25) is 9.59 Å². The van der Waals surface area contributed by atoms with Gasteiger partial charge in [-0.05, 0) is 44.9 Å². The summed E-state index contributed by atoms with van der Waals surface area (Å²) >= 11 is 0. The summed E-state index contributed by atoms with van der Waals surface area (Å²) in [5.41, 5.74) is 0. The second-order valence-electron chi connectivity index (χ2n) is 7.17. The number of nitrogens with one attached hydrogen (secondary N) is 1. The highest BCUT2D eigenvalue weighted by atomic mass is 35.5. The van der Waals surface area contributed by atoms with Gasteiger partial charge >= 0.3 is 0 Å². The Labute approximate surface area is 167 Å². The molecule has 0 spiro atoms. The monoisotopic (exact) mass is 395 g/mol. The third-order valence-electron chi connectivity index (χ3n) is 5.44. The Kier molecular flexibility index (Phi) is 8.38. The molecule has 1 atom stereocenters. The predicted molar refractivity (Wildman–Crippen MR) is 107 cm³/mol. The van der Waals surface area contributed by atoms with E-state index in [1.54, 1.807) is 4.90 Å². The lowest BCUT2D eigenvalue weighted by molar-refractivity contribution is -0.142. The van der Waals surface area contributed by atoms with E-state index in [0.29, 0.717) is 24.9 Å². The molecule has 7 heteroatoms. The van der Waals surface area contributed by atoms with Crippen LogP contribution in [0.25, 0.3) is 0 Å². The number of amides is 2. The zero-order chi connectivity index (χ0) is 18.4. The number of hydrogen-bond acceptors (Lipinski definition) is 4. The molecular weight excluding hydrogens is 366 g/mol. The van der Waals surface area contributed by atoms with Crippen molar-refractivity contribution in [2.75, 3.05) is 39.8 Å². The van der Waals surface area contributed by atoms with Gasteiger partial charge in [0.2, 0.25) is 5.91 Å². The molecule has 2 aliphatic heterocycles. The highest BCUT2D eigenvalue weighted by Gasteiger charge is 2.32. The van der Waals surface area contributed by atoms with Gasteiger partial charge in [0, 0.05) is 32.2 Å². The summed E-state index contributed by atoms with van der Waals surface area (Å²) in [6.07, 6.45) is 3.75. The summed E-state index contributed by atoms with van der Waals surface area (Å²) in [4.78, 5) is 29.1. The number of carbonyl (C=O) groups is 2. The van der Waals surface area contributed by atoms with Gasteiger partial charge in [-0.15, -0.1) is 12.4 Å². The van der Waals surface area contributed by atoms with Crippen LogP contribution in [0.2, 0.25) is 0 Å². The Morgan fingerprint density at radius 2 is 1.78 bits per heavy atom. The first-order valence-electron chi connectivity index (χ1n) is 9.59. The van der Waals surface area contributed by atoms with Gasteiger partial charge in [0.05, 0.1) is 5.92 Å². The van der Waals surface area contributed by atoms with Crippen LogP contribution < -0.4 is 10.1 Å². The predicted octanol–water partition coefficient (Wildman–Crippen LogP) is 1.94. The molecule has 1 aromatic carbocycles. The number of rotatable bonds is 5. The van der Waals surface area contributed by atoms with Crippen molar-refractivity contribution in [1.29, 1.82) is 0 Å². The van der Waals surface area contributed by atoms with Crippen LogP contribution in [0, 0.1) is 5.92 Å². The van der Waals surface area contributed by atoms with E-state index >= 15 is 0 Å². The molecule has 27 heavy (non-hydrogen) atoms. The van der Waals surface area contributed by atoms with E-state index in [1.165, 1.54) is 0 Å². The molecule has 2 heterocycles. The molecule has 0 saturated carbocycles. The average Bonchev–Trinajstić information content (AvgIpc) is 2.72. The normalized spacial score (nSPS) is 20.7. The topological polar surface area (TPSA) is 61.9 Å². The van der Waals surface area contributed by atoms with Gasteiger partial charge in [0.1, 0.15) is 5.75 Å². The molecule has 0 radical (unpaired) electrons. The van der Waals surface area contributed by atoms with E-state index < -0.39 is 0 Å². The van der Waals surface area contributed by atoms with Gasteiger partial charge in [-0.25, -0.2) is 0 Å². The molecule has 150 valence electrons. The fourth-order valence-corrected chi connectivity index (χ4v) is 3.81. The number of benzene rings is 1. The van der Waals surface area contributed by atoms with Crippen LogP contribution in [0.5, 0.6) is 5.75 Å². The minimum atomic E-state index is -0.0736. The smallest absolute Gasteiger partial charge is 0.260 e. The first-order valence-corrected chi connectivity index (χ1v) is 9.59. The molecule has 1 aromatic rings. The van der Waals surface area contributed by atoms with Crippen molar-refractivity contribution in [3.8, 4) is 5.75 Å². The van der Waals surface area contributed by atoms with Crippen molar-refractivity contribution in [2.45, 2.75) is 31.7 Å². The Morgan fingerprint density at radius 1 is 1.07 bits per heavy atom. The van der Waals surface area contributed by atoms with Crippen molar-refractivity contribution in [3.05, 3.63) is 30.3 Å². The summed E-state index contributed by atoms with van der Waals surface area (Å²) in [5, 5.41) is 3.29. The number of nitrogens with zero attached hydrogens (tertiary/aromatic N) is 2. The SMILES string of the molecule is CNC1CCN(C(=O)C2CCCN(C(=O)COc3ccccc3)C2)CC1.Cl. The first-order chi connectivity index (χ1) is 12.7. The fourth-order valence-electron chi connectivity index (χ4n) is 3.81. The summed E-state index contributed by atoms with van der Waals surface area (Å²) in [7, 11) is 1.98. The minimum Gasteiger partial charge on any atom is -0.484 e. The number of halogens is 1. The van der Waals surface area contributed by atoms with Crippen LogP contribution >= 0.6 is 12.4 Å². The molecule has 0 aliphatic carbocycles. The van der Waals surface area contributed by atoms with Crippen LogP contribution in [0.15, 0.2) is 30.3 Å². The van der Waals surface area contributed by atoms with Gasteiger partial charge in [0.15, 0.2) is 6.61 Å². The van der Waals surface area contributed by atoms with Gasteiger partial charge in [-0.2, -0.15) is 0 Å². The lowest BCUT2D eigenvalue weighted by Gasteiger charge is -2.37. The van der Waals surface area contributed by atoms with E-state index in [9.17, 15) is 9.59 Å². The van der Waals surface area contributed by atoms with Crippen LogP contribution in [-0.4, -0.2) is 67.5 Å². The Morgan fingerprint density at radius 3 is 2.44 bits per heavy atom. The average molecular weight is 396 g/mol. The molecule has 6 nitrogen and oxygen atoms in total. The molecule has 1 unspecified atom stereocenters. The van der Waals surface area contributed by atoms with Crippen molar-refractivity contribution in [3.63, 3.8) is 0 Å². The molecule has 0 bridgehead atoms. The quantitative estimate of drug-likeness (QED) is 0.827. The molecule has 2 aliphatic rings. The van der Waals surface area contributed by atoms with Crippen LogP contribution in [0.1, 0.15) is 25.7 Å². The Hall–Kier alpha value is -1.79. The standard InChI is InChI=1S/C20H29N3O3.ClH/c1-21-17-9-12-22(13-10-17)20(25)16-6-5-11-23(14-16)19(24)15-26-18-7-3-2-4-8-18;/h2-4,7-8,16-17,21H,5-6,9-15H2,1H3;1H. The summed E-state index contributed by atoms with van der Waals surface area (Å²) in [6, 6.07) is 9.86. The van der Waals surface area contributed by atoms with Gasteiger partial charge in [-0.1, -0.05) is 18.2 Å². The number of hydrogen-bond donors (Lipinski definition) is 1. The maximum atomic E-state index is 12.8. The molecule has 3 rings (SSSR count). The fraction of sp³-hybridized carbons (Fsp3) is 0.600. The van der Waals surface area contributed by atoms with E-state index in [-0.39, 0.29) is 36.7 Å². The van der Waals surface area contributed by atoms with Crippen LogP contribution in [0.3, 0.4) is 0 Å². The first kappa shape index (κ1) is 21.5. The zero-order valence-corrected chi connectivity index (χ0v) is 16.7. The molecule has 2 amide bonds. The maximum absolute atomic E-state index is 12.8. The number of ether oxygens (including phenoxy) is 1. The van der Waals surface area contributed by atoms with E-state index in [1.807, 2.05) is 42.3 Å². The summed E-state index contributed by atoms with van der Waals surface area (Å²) in [5.74, 6) is 0.787. The lowest BCUT2D eigenvalue weighted by Crippen LogP contribution is -2.50. The number of carbonyl (C=O) groups excluding carboxylic acids is 2. The molecule has 2 saturated heterocycles. The van der Waals surface area contributed by atoms with E-state index in [4.69, 9.17) is 4.74 Å². The van der Waals surface area contributed by atoms with E-state index in [0.717, 1.165) is 38.8 Å². The molecule has 1 N–H and O–H groups in total. The van der Waals surface area contributed by atoms with Gasteiger partial charge < -0.3 is 19.9 Å². The molecular formula is C20H30ClN3O3. The van der Waals surface area contributed by atoms with Crippen molar-refractivity contribution < 1.29 is 14.3 Å². The maximum Gasteiger partial charge on any atom is 0.260 e. The number of piperidine rings is 2. The van der Waals surface area contributed by atoms with Crippen LogP contribution in [-0.2, 0) is 9.59 Å². The minimum absolute atomic E-state index is 0. The molecule has 2 fully saturated rings. The van der Waals surface area contributed by atoms with Crippen molar-refractivity contribution in [1.82, 2.24) is 15.1 Å². The van der Waals surface area contributed by atoms with Gasteiger partial charge in [0.25, 0.3) is 5.91 Å². The summed E-state index contributed by atoms with van der Waals surface area (Å²) < 4.78 is 5.56. The van der Waals surface area contributed by atoms with Crippen molar-refractivity contribution in [2.24, 2.45) is 5.92 Å². The lowest BCUT2D eigenvalue weighted by atomic mass is 9.95. The summed E-state index contributed by atoms with van der Waals surface area (Å²) in [6.45, 7) is 2.88. The Bertz CT molecular complexity index is 606. The van der Waals surface area contributed by atoms with Crippen LogP contribution in [0.4, 0.5) is 0 Å². The zero-order valence-electron chi connectivity index (χ0n) is 15.9. The third-order valence-corrected chi connectivity index (χ3v) is 5.44. The third kappa shape index (κ3) is 5.84. The number of para-hydroxylation sites is 1. The Balaban J connectivity index is 0.00000261.